The third kappa shape index (κ3) is 4.26. The van der Waals surface area contributed by atoms with Crippen LogP contribution in [0.1, 0.15) is 6.92 Å². The van der Waals surface area contributed by atoms with Crippen LogP contribution in [0.4, 0.5) is 23.7 Å². The fraction of sp³-hybridized carbons (Fsp3) is 0.467. The highest BCUT2D eigenvalue weighted by atomic mass is 32.2. The van der Waals surface area contributed by atoms with E-state index in [1.807, 2.05) is 0 Å². The zero-order valence-corrected chi connectivity index (χ0v) is 14.5. The first-order chi connectivity index (χ1) is 12.0. The first kappa shape index (κ1) is 20.0. The number of amides is 2. The van der Waals surface area contributed by atoms with Crippen molar-refractivity contribution in [1.82, 2.24) is 4.90 Å². The van der Waals surface area contributed by atoms with Crippen LogP contribution < -0.4 is 5.32 Å². The summed E-state index contributed by atoms with van der Waals surface area (Å²) in [6.45, 7) is 0.163. The van der Waals surface area contributed by atoms with E-state index >= 15 is 0 Å². The smallest absolute Gasteiger partial charge is 0.394 e. The molecule has 2 rings (SSSR count). The molecule has 1 aliphatic rings. The average molecular weight is 394 g/mol. The van der Waals surface area contributed by atoms with Gasteiger partial charge in [-0.05, 0) is 24.3 Å². The summed E-state index contributed by atoms with van der Waals surface area (Å²) >= 11 is 0. The van der Waals surface area contributed by atoms with Gasteiger partial charge in [-0.3, -0.25) is 4.79 Å². The standard InChI is InChI=1S/C15H17F3N2O5S/c1-2-26(24,25)10-5-3-9(4-6-10)19-14(23)20-7-11(13(21)22)12(8-20)15(16,17)18/h3-6,11-12H,2,7-8H2,1H3,(H,19,23)(H,21,22)/t11-,12-/m1/s1. The monoisotopic (exact) mass is 394 g/mol. The largest absolute Gasteiger partial charge is 0.481 e. The molecule has 1 aromatic carbocycles. The van der Waals surface area contributed by atoms with Gasteiger partial charge in [0.2, 0.25) is 0 Å². The van der Waals surface area contributed by atoms with Crippen LogP contribution in [-0.2, 0) is 14.6 Å². The molecular formula is C15H17F3N2O5S. The van der Waals surface area contributed by atoms with E-state index in [4.69, 9.17) is 5.11 Å². The Kier molecular flexibility index (Phi) is 5.49. The number of aliphatic carboxylic acids is 1. The molecule has 1 fully saturated rings. The summed E-state index contributed by atoms with van der Waals surface area (Å²) in [4.78, 5) is 24.0. The van der Waals surface area contributed by atoms with Gasteiger partial charge in [0.15, 0.2) is 9.84 Å². The number of carbonyl (C=O) groups excluding carboxylic acids is 1. The summed E-state index contributed by atoms with van der Waals surface area (Å²) in [5.74, 6) is -5.57. The van der Waals surface area contributed by atoms with E-state index in [0.717, 1.165) is 4.90 Å². The Morgan fingerprint density at radius 3 is 2.23 bits per heavy atom. The molecule has 1 aliphatic heterocycles. The molecule has 1 aromatic rings. The Bertz CT molecular complexity index is 792. The fourth-order valence-corrected chi connectivity index (χ4v) is 3.55. The summed E-state index contributed by atoms with van der Waals surface area (Å²) in [5, 5.41) is 11.3. The van der Waals surface area contributed by atoms with Gasteiger partial charge < -0.3 is 15.3 Å². The third-order valence-electron chi connectivity index (χ3n) is 4.19. The molecule has 0 radical (unpaired) electrons. The van der Waals surface area contributed by atoms with Crippen LogP contribution in [0.5, 0.6) is 0 Å². The van der Waals surface area contributed by atoms with Crippen molar-refractivity contribution >= 4 is 27.5 Å². The number of hydrogen-bond donors (Lipinski definition) is 2. The number of rotatable bonds is 4. The third-order valence-corrected chi connectivity index (χ3v) is 5.94. The molecule has 2 atom stereocenters. The summed E-state index contributed by atoms with van der Waals surface area (Å²) < 4.78 is 62.3. The van der Waals surface area contributed by atoms with Crippen molar-refractivity contribution in [1.29, 1.82) is 0 Å². The first-order valence-corrected chi connectivity index (χ1v) is 9.29. The molecule has 0 aliphatic carbocycles. The number of sulfone groups is 1. The number of urea groups is 1. The summed E-state index contributed by atoms with van der Waals surface area (Å²) in [7, 11) is -3.41. The molecule has 7 nitrogen and oxygen atoms in total. The number of carboxylic acid groups (broad SMARTS) is 1. The molecule has 0 spiro atoms. The van der Waals surface area contributed by atoms with E-state index in [1.54, 1.807) is 0 Å². The Morgan fingerprint density at radius 1 is 1.23 bits per heavy atom. The number of carbonyl (C=O) groups is 2. The quantitative estimate of drug-likeness (QED) is 0.815. The molecule has 26 heavy (non-hydrogen) atoms. The lowest BCUT2D eigenvalue weighted by Gasteiger charge is -2.18. The van der Waals surface area contributed by atoms with Crippen LogP contribution in [0.2, 0.25) is 0 Å². The van der Waals surface area contributed by atoms with Gasteiger partial charge in [-0.15, -0.1) is 0 Å². The number of nitrogens with one attached hydrogen (secondary N) is 1. The maximum Gasteiger partial charge on any atom is 0.394 e. The summed E-state index contributed by atoms with van der Waals surface area (Å²) in [5.41, 5.74) is 0.187. The molecule has 2 N–H and O–H groups in total. The van der Waals surface area contributed by atoms with Crippen molar-refractivity contribution in [3.05, 3.63) is 24.3 Å². The van der Waals surface area contributed by atoms with Crippen molar-refractivity contribution in [2.45, 2.75) is 18.0 Å². The number of benzene rings is 1. The van der Waals surface area contributed by atoms with Crippen LogP contribution in [-0.4, -0.2) is 55.4 Å². The van der Waals surface area contributed by atoms with E-state index in [9.17, 15) is 31.2 Å². The molecule has 0 unspecified atom stereocenters. The lowest BCUT2D eigenvalue weighted by atomic mass is 9.96. The predicted octanol–water partition coefficient (Wildman–Crippen LogP) is 2.21. The highest BCUT2D eigenvalue weighted by molar-refractivity contribution is 7.91. The minimum atomic E-state index is -4.73. The minimum absolute atomic E-state index is 0.0576. The Morgan fingerprint density at radius 2 is 1.81 bits per heavy atom. The van der Waals surface area contributed by atoms with Gasteiger partial charge >= 0.3 is 18.2 Å². The van der Waals surface area contributed by atoms with E-state index in [1.165, 1.54) is 31.2 Å². The SMILES string of the molecule is CCS(=O)(=O)c1ccc(NC(=O)N2C[C@@H](C(F)(F)F)[C@H](C(=O)O)C2)cc1. The van der Waals surface area contributed by atoms with Gasteiger partial charge in [0, 0.05) is 18.8 Å². The lowest BCUT2D eigenvalue weighted by molar-refractivity contribution is -0.187. The van der Waals surface area contributed by atoms with Crippen LogP contribution in [0.25, 0.3) is 0 Å². The molecule has 0 saturated carbocycles. The Hall–Kier alpha value is -2.30. The molecule has 1 heterocycles. The van der Waals surface area contributed by atoms with E-state index in [-0.39, 0.29) is 16.3 Å². The van der Waals surface area contributed by atoms with Crippen LogP contribution in [0.3, 0.4) is 0 Å². The van der Waals surface area contributed by atoms with Gasteiger partial charge in [0.05, 0.1) is 22.5 Å². The predicted molar refractivity (Wildman–Crippen MR) is 85.4 cm³/mol. The maximum absolute atomic E-state index is 12.9. The van der Waals surface area contributed by atoms with Crippen molar-refractivity contribution in [2.24, 2.45) is 11.8 Å². The van der Waals surface area contributed by atoms with Gasteiger partial charge in [0.1, 0.15) is 0 Å². The molecule has 144 valence electrons. The summed E-state index contributed by atoms with van der Waals surface area (Å²) in [6, 6.07) is 4.29. The molecule has 1 saturated heterocycles. The van der Waals surface area contributed by atoms with E-state index in [0.29, 0.717) is 0 Å². The second-order valence-corrected chi connectivity index (χ2v) is 8.13. The Balaban J connectivity index is 2.10. The number of likely N-dealkylation sites (tertiary alicyclic amines) is 1. The number of anilines is 1. The molecule has 2 amide bonds. The average Bonchev–Trinajstić information content (AvgIpc) is 3.01. The van der Waals surface area contributed by atoms with E-state index < -0.39 is 52.9 Å². The lowest BCUT2D eigenvalue weighted by Crippen LogP contribution is -2.35. The van der Waals surface area contributed by atoms with Crippen LogP contribution in [0, 0.1) is 11.8 Å². The van der Waals surface area contributed by atoms with Crippen molar-refractivity contribution in [3.8, 4) is 0 Å². The maximum atomic E-state index is 12.9. The number of hydrogen-bond acceptors (Lipinski definition) is 4. The minimum Gasteiger partial charge on any atom is -0.481 e. The first-order valence-electron chi connectivity index (χ1n) is 7.64. The fourth-order valence-electron chi connectivity index (χ4n) is 2.67. The zero-order valence-electron chi connectivity index (χ0n) is 13.7. The zero-order chi connectivity index (χ0) is 19.7. The van der Waals surface area contributed by atoms with Crippen molar-refractivity contribution in [3.63, 3.8) is 0 Å². The van der Waals surface area contributed by atoms with Crippen LogP contribution >= 0.6 is 0 Å². The second-order valence-electron chi connectivity index (χ2n) is 5.86. The number of alkyl halides is 3. The molecule has 0 bridgehead atoms. The normalized spacial score (nSPS) is 20.8. The van der Waals surface area contributed by atoms with Crippen molar-refractivity contribution < 1.29 is 36.3 Å². The molecule has 11 heteroatoms. The van der Waals surface area contributed by atoms with Crippen molar-refractivity contribution in [2.75, 3.05) is 24.2 Å². The van der Waals surface area contributed by atoms with E-state index in [2.05, 4.69) is 5.32 Å². The number of carboxylic acids is 1. The molecular weight excluding hydrogens is 377 g/mol. The van der Waals surface area contributed by atoms with Gasteiger partial charge in [-0.25, -0.2) is 13.2 Å². The highest BCUT2D eigenvalue weighted by Gasteiger charge is 2.53. The summed E-state index contributed by atoms with van der Waals surface area (Å²) in [6.07, 6.45) is -4.73. The number of nitrogens with zero attached hydrogens (tertiary/aromatic N) is 1. The van der Waals surface area contributed by atoms with Gasteiger partial charge in [-0.2, -0.15) is 13.2 Å². The van der Waals surface area contributed by atoms with Gasteiger partial charge in [-0.1, -0.05) is 6.92 Å². The second kappa shape index (κ2) is 7.14. The van der Waals surface area contributed by atoms with Crippen LogP contribution in [0.15, 0.2) is 29.2 Å². The highest BCUT2D eigenvalue weighted by Crippen LogP contribution is 2.37. The topological polar surface area (TPSA) is 104 Å². The number of halogens is 3. The van der Waals surface area contributed by atoms with Gasteiger partial charge in [0.25, 0.3) is 0 Å². The Labute approximate surface area is 147 Å². The molecule has 0 aromatic heterocycles.